The zero-order chi connectivity index (χ0) is 18.9. The summed E-state index contributed by atoms with van der Waals surface area (Å²) in [6.45, 7) is 6.01. The fourth-order valence-corrected chi connectivity index (χ4v) is 2.95. The van der Waals surface area contributed by atoms with E-state index in [2.05, 4.69) is 10.3 Å². The van der Waals surface area contributed by atoms with Gasteiger partial charge in [0.15, 0.2) is 6.61 Å². The second kappa shape index (κ2) is 9.91. The highest BCUT2D eigenvalue weighted by atomic mass is 32.1. The normalized spacial score (nSPS) is 11.7. The summed E-state index contributed by atoms with van der Waals surface area (Å²) in [7, 11) is 0. The van der Waals surface area contributed by atoms with Crippen molar-refractivity contribution < 1.29 is 19.1 Å². The third-order valence-electron chi connectivity index (χ3n) is 3.61. The summed E-state index contributed by atoms with van der Waals surface area (Å²) in [6.07, 6.45) is 1.87. The first kappa shape index (κ1) is 19.9. The van der Waals surface area contributed by atoms with E-state index in [-0.39, 0.29) is 18.6 Å². The third-order valence-corrected chi connectivity index (χ3v) is 4.43. The van der Waals surface area contributed by atoms with Gasteiger partial charge in [0.2, 0.25) is 0 Å². The van der Waals surface area contributed by atoms with Gasteiger partial charge in [-0.25, -0.2) is 9.78 Å². The van der Waals surface area contributed by atoms with E-state index in [1.807, 2.05) is 26.2 Å². The predicted molar refractivity (Wildman–Crippen MR) is 100 cm³/mol. The average Bonchev–Trinajstić information content (AvgIpc) is 3.04. The van der Waals surface area contributed by atoms with Gasteiger partial charge < -0.3 is 14.8 Å². The lowest BCUT2D eigenvalue weighted by Crippen LogP contribution is -2.35. The minimum Gasteiger partial charge on any atom is -0.487 e. The molecule has 0 saturated heterocycles. The Bertz CT molecular complexity index is 727. The van der Waals surface area contributed by atoms with Crippen molar-refractivity contribution in [2.75, 3.05) is 6.61 Å². The van der Waals surface area contributed by atoms with Gasteiger partial charge >= 0.3 is 5.97 Å². The van der Waals surface area contributed by atoms with Crippen LogP contribution in [0.25, 0.3) is 0 Å². The maximum atomic E-state index is 12.0. The molecule has 26 heavy (non-hydrogen) atoms. The van der Waals surface area contributed by atoms with Gasteiger partial charge in [-0.1, -0.05) is 13.3 Å². The number of ether oxygens (including phenoxy) is 2. The number of carbonyl (C=O) groups excluding carboxylic acids is 2. The molecule has 1 N–H and O–H groups in total. The molecular formula is C19H24N2O4S. The molecule has 1 aromatic heterocycles. The summed E-state index contributed by atoms with van der Waals surface area (Å²) >= 11 is 1.57. The number of aromatic nitrogens is 1. The van der Waals surface area contributed by atoms with E-state index in [0.717, 1.165) is 23.5 Å². The Hall–Kier alpha value is -2.41. The summed E-state index contributed by atoms with van der Waals surface area (Å²) in [5.41, 5.74) is 1.25. The lowest BCUT2D eigenvalue weighted by Gasteiger charge is -2.12. The van der Waals surface area contributed by atoms with Crippen LogP contribution >= 0.6 is 11.3 Å². The molecular weight excluding hydrogens is 352 g/mol. The van der Waals surface area contributed by atoms with Crippen LogP contribution in [0.2, 0.25) is 0 Å². The summed E-state index contributed by atoms with van der Waals surface area (Å²) in [5, 5.41) is 5.74. The Balaban J connectivity index is 1.77. The number of carbonyl (C=O) groups is 2. The highest BCUT2D eigenvalue weighted by Crippen LogP contribution is 2.16. The van der Waals surface area contributed by atoms with Gasteiger partial charge in [0.05, 0.1) is 16.3 Å². The topological polar surface area (TPSA) is 77.5 Å². The van der Waals surface area contributed by atoms with E-state index in [4.69, 9.17) is 9.47 Å². The average molecular weight is 376 g/mol. The number of esters is 1. The van der Waals surface area contributed by atoms with Gasteiger partial charge in [-0.05, 0) is 44.5 Å². The van der Waals surface area contributed by atoms with E-state index < -0.39 is 5.97 Å². The number of rotatable bonds is 9. The molecule has 140 valence electrons. The molecule has 0 bridgehead atoms. The van der Waals surface area contributed by atoms with E-state index in [1.54, 1.807) is 35.6 Å². The first-order valence-corrected chi connectivity index (χ1v) is 9.46. The van der Waals surface area contributed by atoms with Crippen LogP contribution in [0.15, 0.2) is 29.6 Å². The van der Waals surface area contributed by atoms with Gasteiger partial charge in [-0.2, -0.15) is 0 Å². The molecule has 0 aliphatic carbocycles. The predicted octanol–water partition coefficient (Wildman–Crippen LogP) is 3.49. The summed E-state index contributed by atoms with van der Waals surface area (Å²) in [4.78, 5) is 28.1. The molecule has 0 radical (unpaired) electrons. The van der Waals surface area contributed by atoms with Crippen LogP contribution in [0.5, 0.6) is 5.75 Å². The fraction of sp³-hybridized carbons (Fsp3) is 0.421. The number of hydrogen-bond acceptors (Lipinski definition) is 6. The number of aryl methyl sites for hydroxylation is 1. The maximum Gasteiger partial charge on any atom is 0.338 e. The molecule has 1 atom stereocenters. The lowest BCUT2D eigenvalue weighted by molar-refractivity contribution is -0.124. The first-order chi connectivity index (χ1) is 12.5. The molecule has 1 amide bonds. The quantitative estimate of drug-likeness (QED) is 0.678. The number of nitrogens with zero attached hydrogens (tertiary/aromatic N) is 1. The number of thiazole rings is 1. The van der Waals surface area contributed by atoms with E-state index in [9.17, 15) is 9.59 Å². The molecule has 2 rings (SSSR count). The van der Waals surface area contributed by atoms with E-state index in [1.165, 1.54) is 0 Å². The van der Waals surface area contributed by atoms with Crippen molar-refractivity contribution in [2.45, 2.75) is 46.3 Å². The molecule has 0 saturated carbocycles. The first-order valence-electron chi connectivity index (χ1n) is 8.58. The van der Waals surface area contributed by atoms with Crippen molar-refractivity contribution in [1.82, 2.24) is 10.3 Å². The standard InChI is InChI=1S/C19H24N2O4S/c1-4-5-13(2)20-18(22)11-25-19(23)15-6-8-17(9-7-15)24-10-16-12-26-14(3)21-16/h6-9,12-13H,4-5,10-11H2,1-3H3,(H,20,22)/t13-/m0/s1. The number of hydrogen-bond donors (Lipinski definition) is 1. The molecule has 6 nitrogen and oxygen atoms in total. The summed E-state index contributed by atoms with van der Waals surface area (Å²) < 4.78 is 10.7. The van der Waals surface area contributed by atoms with Crippen LogP contribution in [0.4, 0.5) is 0 Å². The molecule has 0 spiro atoms. The van der Waals surface area contributed by atoms with Crippen molar-refractivity contribution >= 4 is 23.2 Å². The second-order valence-electron chi connectivity index (χ2n) is 6.00. The van der Waals surface area contributed by atoms with Crippen molar-refractivity contribution in [3.63, 3.8) is 0 Å². The molecule has 1 aromatic carbocycles. The Morgan fingerprint density at radius 2 is 2.00 bits per heavy atom. The monoisotopic (exact) mass is 376 g/mol. The molecule has 2 aromatic rings. The van der Waals surface area contributed by atoms with Gasteiger partial charge in [-0.3, -0.25) is 4.79 Å². The smallest absolute Gasteiger partial charge is 0.338 e. The molecule has 0 unspecified atom stereocenters. The molecule has 0 aliphatic rings. The summed E-state index contributed by atoms with van der Waals surface area (Å²) in [6, 6.07) is 6.69. The molecule has 1 heterocycles. The Morgan fingerprint density at radius 1 is 1.27 bits per heavy atom. The Labute approximate surface area is 157 Å². The van der Waals surface area contributed by atoms with Crippen LogP contribution < -0.4 is 10.1 Å². The zero-order valence-electron chi connectivity index (χ0n) is 15.3. The Kier molecular flexibility index (Phi) is 7.59. The van der Waals surface area contributed by atoms with Crippen LogP contribution in [-0.4, -0.2) is 29.5 Å². The lowest BCUT2D eigenvalue weighted by atomic mass is 10.2. The fourth-order valence-electron chi connectivity index (χ4n) is 2.36. The maximum absolute atomic E-state index is 12.0. The van der Waals surface area contributed by atoms with Crippen molar-refractivity contribution in [3.05, 3.63) is 45.9 Å². The van der Waals surface area contributed by atoms with Gasteiger partial charge in [-0.15, -0.1) is 11.3 Å². The largest absolute Gasteiger partial charge is 0.487 e. The van der Waals surface area contributed by atoms with Gasteiger partial charge in [0, 0.05) is 11.4 Å². The van der Waals surface area contributed by atoms with Crippen molar-refractivity contribution in [2.24, 2.45) is 0 Å². The third kappa shape index (κ3) is 6.48. The second-order valence-corrected chi connectivity index (χ2v) is 7.07. The highest BCUT2D eigenvalue weighted by Gasteiger charge is 2.12. The SMILES string of the molecule is CCC[C@H](C)NC(=O)COC(=O)c1ccc(OCc2csc(C)n2)cc1. The Morgan fingerprint density at radius 3 is 2.62 bits per heavy atom. The number of nitrogens with one attached hydrogen (secondary N) is 1. The zero-order valence-corrected chi connectivity index (χ0v) is 16.1. The van der Waals surface area contributed by atoms with Crippen LogP contribution in [0.1, 0.15) is 47.7 Å². The van der Waals surface area contributed by atoms with Gasteiger partial charge in [0.1, 0.15) is 12.4 Å². The minimum absolute atomic E-state index is 0.0733. The van der Waals surface area contributed by atoms with Crippen LogP contribution in [0, 0.1) is 6.92 Å². The van der Waals surface area contributed by atoms with E-state index >= 15 is 0 Å². The van der Waals surface area contributed by atoms with Crippen molar-refractivity contribution in [1.29, 1.82) is 0 Å². The van der Waals surface area contributed by atoms with Crippen LogP contribution in [-0.2, 0) is 16.1 Å². The van der Waals surface area contributed by atoms with Gasteiger partial charge in [0.25, 0.3) is 5.91 Å². The molecule has 0 aliphatic heterocycles. The number of amides is 1. The minimum atomic E-state index is -0.537. The number of benzene rings is 1. The van der Waals surface area contributed by atoms with E-state index in [0.29, 0.717) is 17.9 Å². The highest BCUT2D eigenvalue weighted by molar-refractivity contribution is 7.09. The van der Waals surface area contributed by atoms with Crippen LogP contribution in [0.3, 0.4) is 0 Å². The molecule has 0 fully saturated rings. The summed E-state index contributed by atoms with van der Waals surface area (Å²) in [5.74, 6) is -0.193. The molecule has 7 heteroatoms. The van der Waals surface area contributed by atoms with Crippen molar-refractivity contribution in [3.8, 4) is 5.75 Å².